The van der Waals surface area contributed by atoms with Gasteiger partial charge in [0.2, 0.25) is 11.8 Å². The molecule has 0 bridgehead atoms. The molecule has 0 radical (unpaired) electrons. The van der Waals surface area contributed by atoms with Gasteiger partial charge < -0.3 is 16.4 Å². The molecule has 1 atom stereocenters. The third-order valence-electron chi connectivity index (χ3n) is 2.15. The summed E-state index contributed by atoms with van der Waals surface area (Å²) in [4.78, 5) is 22.0. The maximum absolute atomic E-state index is 11.2. The van der Waals surface area contributed by atoms with Crippen LogP contribution in [0.2, 0.25) is 0 Å². The number of hydrogen-bond donors (Lipinski definition) is 3. The van der Waals surface area contributed by atoms with E-state index in [2.05, 4.69) is 10.6 Å². The first kappa shape index (κ1) is 13.2. The fourth-order valence-corrected chi connectivity index (χ4v) is 1.26. The number of benzene rings is 1. The molecule has 2 amide bonds. The summed E-state index contributed by atoms with van der Waals surface area (Å²) in [6, 6.07) is 6.75. The van der Waals surface area contributed by atoms with Crippen LogP contribution in [-0.2, 0) is 16.1 Å². The lowest BCUT2D eigenvalue weighted by atomic mass is 10.2. The Morgan fingerprint density at radius 2 is 1.88 bits per heavy atom. The molecule has 17 heavy (non-hydrogen) atoms. The summed E-state index contributed by atoms with van der Waals surface area (Å²) in [6.07, 6.45) is 0. The van der Waals surface area contributed by atoms with E-state index in [1.165, 1.54) is 6.92 Å². The van der Waals surface area contributed by atoms with Crippen molar-refractivity contribution in [2.75, 3.05) is 5.32 Å². The summed E-state index contributed by atoms with van der Waals surface area (Å²) >= 11 is 0. The van der Waals surface area contributed by atoms with Crippen LogP contribution in [0.4, 0.5) is 5.69 Å². The van der Waals surface area contributed by atoms with Crippen LogP contribution in [0.25, 0.3) is 0 Å². The molecular formula is C12H17N3O2. The van der Waals surface area contributed by atoms with Crippen molar-refractivity contribution in [1.29, 1.82) is 0 Å². The minimum Gasteiger partial charge on any atom is -0.351 e. The molecule has 1 rings (SSSR count). The molecular weight excluding hydrogens is 218 g/mol. The Morgan fingerprint density at radius 1 is 1.29 bits per heavy atom. The first-order valence-electron chi connectivity index (χ1n) is 5.39. The maximum Gasteiger partial charge on any atom is 0.236 e. The average molecular weight is 235 g/mol. The van der Waals surface area contributed by atoms with Gasteiger partial charge in [-0.25, -0.2) is 0 Å². The summed E-state index contributed by atoms with van der Waals surface area (Å²) in [7, 11) is 0. The van der Waals surface area contributed by atoms with Crippen molar-refractivity contribution in [1.82, 2.24) is 5.32 Å². The van der Waals surface area contributed by atoms with Gasteiger partial charge in [-0.15, -0.1) is 0 Å². The number of hydrogen-bond acceptors (Lipinski definition) is 3. The second kappa shape index (κ2) is 6.00. The third kappa shape index (κ3) is 4.65. The largest absolute Gasteiger partial charge is 0.351 e. The molecule has 0 spiro atoms. The molecule has 0 aliphatic rings. The highest BCUT2D eigenvalue weighted by atomic mass is 16.2. The lowest BCUT2D eigenvalue weighted by molar-refractivity contribution is -0.122. The molecule has 0 aliphatic heterocycles. The molecule has 0 saturated heterocycles. The van der Waals surface area contributed by atoms with Crippen LogP contribution >= 0.6 is 0 Å². The Kier molecular flexibility index (Phi) is 4.66. The molecule has 0 heterocycles. The predicted molar refractivity (Wildman–Crippen MR) is 66.2 cm³/mol. The summed E-state index contributed by atoms with van der Waals surface area (Å²) in [5.74, 6) is -0.293. The van der Waals surface area contributed by atoms with Crippen molar-refractivity contribution in [3.05, 3.63) is 29.8 Å². The zero-order valence-corrected chi connectivity index (χ0v) is 9.99. The fourth-order valence-electron chi connectivity index (χ4n) is 1.26. The van der Waals surface area contributed by atoms with Crippen LogP contribution in [0.5, 0.6) is 0 Å². The van der Waals surface area contributed by atoms with Crippen molar-refractivity contribution >= 4 is 17.5 Å². The second-order valence-electron chi connectivity index (χ2n) is 3.88. The fraction of sp³-hybridized carbons (Fsp3) is 0.333. The number of nitrogens with one attached hydrogen (secondary N) is 2. The smallest absolute Gasteiger partial charge is 0.236 e. The van der Waals surface area contributed by atoms with Crippen LogP contribution in [0.3, 0.4) is 0 Å². The quantitative estimate of drug-likeness (QED) is 0.714. The van der Waals surface area contributed by atoms with Gasteiger partial charge in [-0.1, -0.05) is 12.1 Å². The maximum atomic E-state index is 11.2. The SMILES string of the molecule is CC(=O)Nc1ccc(CNC(=O)[C@@H](C)N)cc1. The van der Waals surface area contributed by atoms with E-state index >= 15 is 0 Å². The van der Waals surface area contributed by atoms with Gasteiger partial charge in [0.25, 0.3) is 0 Å². The molecule has 0 aromatic heterocycles. The number of amides is 2. The Balaban J connectivity index is 2.51. The lowest BCUT2D eigenvalue weighted by Gasteiger charge is -2.08. The molecule has 1 aromatic rings. The normalized spacial score (nSPS) is 11.7. The summed E-state index contributed by atoms with van der Waals surface area (Å²) in [6.45, 7) is 3.52. The summed E-state index contributed by atoms with van der Waals surface area (Å²) in [5.41, 5.74) is 7.11. The minimum atomic E-state index is -0.506. The first-order valence-corrected chi connectivity index (χ1v) is 5.39. The van der Waals surface area contributed by atoms with Gasteiger partial charge >= 0.3 is 0 Å². The molecule has 1 aromatic carbocycles. The lowest BCUT2D eigenvalue weighted by Crippen LogP contribution is -2.37. The molecule has 4 N–H and O–H groups in total. The molecule has 0 saturated carbocycles. The molecule has 5 nitrogen and oxygen atoms in total. The third-order valence-corrected chi connectivity index (χ3v) is 2.15. The van der Waals surface area contributed by atoms with Crippen molar-refractivity contribution in [3.63, 3.8) is 0 Å². The van der Waals surface area contributed by atoms with E-state index in [1.54, 1.807) is 19.1 Å². The first-order chi connectivity index (χ1) is 7.99. The Hall–Kier alpha value is -1.88. The van der Waals surface area contributed by atoms with Crippen molar-refractivity contribution in [3.8, 4) is 0 Å². The molecule has 92 valence electrons. The van der Waals surface area contributed by atoms with E-state index in [0.29, 0.717) is 6.54 Å². The van der Waals surface area contributed by atoms with E-state index in [4.69, 9.17) is 5.73 Å². The molecule has 0 unspecified atom stereocenters. The van der Waals surface area contributed by atoms with Gasteiger partial charge in [0.15, 0.2) is 0 Å². The van der Waals surface area contributed by atoms with Gasteiger partial charge in [0, 0.05) is 19.2 Å². The Labute approximate surface area is 100 Å². The van der Waals surface area contributed by atoms with E-state index in [0.717, 1.165) is 11.3 Å². The van der Waals surface area contributed by atoms with Crippen molar-refractivity contribution in [2.24, 2.45) is 5.73 Å². The van der Waals surface area contributed by atoms with E-state index in [1.807, 2.05) is 12.1 Å². The highest BCUT2D eigenvalue weighted by Gasteiger charge is 2.05. The van der Waals surface area contributed by atoms with Crippen LogP contribution < -0.4 is 16.4 Å². The highest BCUT2D eigenvalue weighted by Crippen LogP contribution is 2.09. The van der Waals surface area contributed by atoms with E-state index < -0.39 is 6.04 Å². The highest BCUT2D eigenvalue weighted by molar-refractivity contribution is 5.88. The van der Waals surface area contributed by atoms with Gasteiger partial charge in [0.05, 0.1) is 6.04 Å². The number of carbonyl (C=O) groups excluding carboxylic acids is 2. The predicted octanol–water partition coefficient (Wildman–Crippen LogP) is 0.608. The zero-order valence-electron chi connectivity index (χ0n) is 9.99. The topological polar surface area (TPSA) is 84.2 Å². The van der Waals surface area contributed by atoms with Gasteiger partial charge in [-0.05, 0) is 24.6 Å². The van der Waals surface area contributed by atoms with Crippen LogP contribution in [-0.4, -0.2) is 17.9 Å². The van der Waals surface area contributed by atoms with E-state index in [-0.39, 0.29) is 11.8 Å². The minimum absolute atomic E-state index is 0.108. The molecule has 0 fully saturated rings. The van der Waals surface area contributed by atoms with Crippen LogP contribution in [0.1, 0.15) is 19.4 Å². The van der Waals surface area contributed by atoms with Crippen molar-refractivity contribution < 1.29 is 9.59 Å². The molecule has 0 aliphatic carbocycles. The van der Waals surface area contributed by atoms with E-state index in [9.17, 15) is 9.59 Å². The van der Waals surface area contributed by atoms with Gasteiger partial charge in [0.1, 0.15) is 0 Å². The average Bonchev–Trinajstić information content (AvgIpc) is 2.26. The Morgan fingerprint density at radius 3 is 2.35 bits per heavy atom. The van der Waals surface area contributed by atoms with Crippen LogP contribution in [0, 0.1) is 0 Å². The van der Waals surface area contributed by atoms with Crippen LogP contribution in [0.15, 0.2) is 24.3 Å². The second-order valence-corrected chi connectivity index (χ2v) is 3.88. The van der Waals surface area contributed by atoms with Gasteiger partial charge in [-0.3, -0.25) is 9.59 Å². The zero-order chi connectivity index (χ0) is 12.8. The number of rotatable bonds is 4. The number of nitrogens with two attached hydrogens (primary N) is 1. The summed E-state index contributed by atoms with van der Waals surface area (Å²) in [5, 5.41) is 5.38. The Bertz CT molecular complexity index is 399. The van der Waals surface area contributed by atoms with Crippen molar-refractivity contribution in [2.45, 2.75) is 26.4 Å². The standard InChI is InChI=1S/C12H17N3O2/c1-8(13)12(17)14-7-10-3-5-11(6-4-10)15-9(2)16/h3-6,8H,7,13H2,1-2H3,(H,14,17)(H,15,16)/t8-/m1/s1. The van der Waals surface area contributed by atoms with Gasteiger partial charge in [-0.2, -0.15) is 0 Å². The number of carbonyl (C=O) groups is 2. The summed E-state index contributed by atoms with van der Waals surface area (Å²) < 4.78 is 0. The monoisotopic (exact) mass is 235 g/mol. The molecule has 5 heteroatoms. The number of anilines is 1.